The Morgan fingerprint density at radius 3 is 1.34 bits per heavy atom. The van der Waals surface area contributed by atoms with Gasteiger partial charge in [0.2, 0.25) is 0 Å². The van der Waals surface area contributed by atoms with Gasteiger partial charge in [-0.3, -0.25) is 20.0 Å². The Morgan fingerprint density at radius 2 is 0.862 bits per heavy atom. The average Bonchev–Trinajstić information content (AvgIpc) is 2.79. The number of anilines is 2. The van der Waals surface area contributed by atoms with Crippen LogP contribution in [0.15, 0.2) is 110 Å². The van der Waals surface area contributed by atoms with Crippen LogP contribution in [-0.4, -0.2) is 10.0 Å². The van der Waals surface area contributed by atoms with Gasteiger partial charge in [-0.25, -0.2) is 0 Å². The van der Waals surface area contributed by atoms with Gasteiger partial charge in [-0.05, 0) is 48.6 Å². The molecule has 0 amide bonds. The van der Waals surface area contributed by atoms with E-state index in [0.717, 1.165) is 0 Å². The van der Waals surface area contributed by atoms with Gasteiger partial charge in [0.05, 0.1) is 11.4 Å². The zero-order valence-electron chi connectivity index (χ0n) is 15.7. The van der Waals surface area contributed by atoms with E-state index in [2.05, 4.69) is 106 Å². The van der Waals surface area contributed by atoms with Crippen LogP contribution in [0.25, 0.3) is 12.2 Å². The molecule has 0 bridgehead atoms. The SMILES string of the molecule is C1=CN2C=Cc3ccccc3N2C=C1.C1=CN2C=Cc3ccccc3N2C=C1.[Co+2]. The molecular weight excluding hydrogens is 403 g/mol. The van der Waals surface area contributed by atoms with Gasteiger partial charge in [-0.15, -0.1) is 0 Å². The van der Waals surface area contributed by atoms with Gasteiger partial charge in [-0.1, -0.05) is 36.4 Å². The number of hydrogen-bond donors (Lipinski definition) is 0. The standard InChI is InChI=1S/2C12H10N2.Co/c2*1-2-6-12-11(5-1)7-10-13-8-3-4-9-14(12)13;/h2*1-10H;/q;;+2. The molecule has 4 aliphatic heterocycles. The molecule has 0 atom stereocenters. The third-order valence-electron chi connectivity index (χ3n) is 4.83. The molecule has 5 heteroatoms. The maximum Gasteiger partial charge on any atom is 2.00 e. The predicted molar refractivity (Wildman–Crippen MR) is 116 cm³/mol. The van der Waals surface area contributed by atoms with Gasteiger partial charge in [0.25, 0.3) is 0 Å². The second-order valence-electron chi connectivity index (χ2n) is 6.56. The van der Waals surface area contributed by atoms with Crippen molar-refractivity contribution in [2.24, 2.45) is 0 Å². The van der Waals surface area contributed by atoms with Crippen molar-refractivity contribution in [2.45, 2.75) is 0 Å². The molecule has 0 saturated carbocycles. The first-order valence-corrected chi connectivity index (χ1v) is 9.30. The molecule has 0 spiro atoms. The molecule has 0 aromatic heterocycles. The summed E-state index contributed by atoms with van der Waals surface area (Å²) in [6.45, 7) is 0. The molecule has 143 valence electrons. The first kappa shape index (κ1) is 18.9. The Kier molecular flexibility index (Phi) is 5.42. The molecule has 0 N–H and O–H groups in total. The molecule has 6 rings (SSSR count). The molecule has 4 aliphatic rings. The van der Waals surface area contributed by atoms with E-state index >= 15 is 0 Å². The largest absolute Gasteiger partial charge is 2.00 e. The fourth-order valence-corrected chi connectivity index (χ4v) is 3.48. The van der Waals surface area contributed by atoms with Gasteiger partial charge in [0.15, 0.2) is 0 Å². The molecule has 4 heterocycles. The van der Waals surface area contributed by atoms with Gasteiger partial charge in [0, 0.05) is 48.3 Å². The normalized spacial score (nSPS) is 16.3. The van der Waals surface area contributed by atoms with Crippen molar-refractivity contribution in [3.05, 3.63) is 121 Å². The molecule has 0 saturated heterocycles. The van der Waals surface area contributed by atoms with Crippen molar-refractivity contribution >= 4 is 23.5 Å². The topological polar surface area (TPSA) is 13.0 Å². The van der Waals surface area contributed by atoms with E-state index < -0.39 is 0 Å². The van der Waals surface area contributed by atoms with Crippen LogP contribution in [0.3, 0.4) is 0 Å². The van der Waals surface area contributed by atoms with Crippen LogP contribution in [0, 0.1) is 0 Å². The van der Waals surface area contributed by atoms with Gasteiger partial charge >= 0.3 is 16.8 Å². The van der Waals surface area contributed by atoms with Crippen molar-refractivity contribution in [1.82, 2.24) is 10.0 Å². The Balaban J connectivity index is 0.000000137. The molecule has 0 fully saturated rings. The number of hydrogen-bond acceptors (Lipinski definition) is 4. The van der Waals surface area contributed by atoms with Crippen molar-refractivity contribution in [1.29, 1.82) is 0 Å². The van der Waals surface area contributed by atoms with Gasteiger partial charge in [0.1, 0.15) is 0 Å². The summed E-state index contributed by atoms with van der Waals surface area (Å²) < 4.78 is 0. The van der Waals surface area contributed by atoms with E-state index in [0.29, 0.717) is 0 Å². The minimum Gasteiger partial charge on any atom is -0.264 e. The van der Waals surface area contributed by atoms with E-state index in [4.69, 9.17) is 0 Å². The number of nitrogens with zero attached hydrogens (tertiary/aromatic N) is 4. The van der Waals surface area contributed by atoms with Crippen molar-refractivity contribution in [3.8, 4) is 0 Å². The summed E-state index contributed by atoms with van der Waals surface area (Å²) in [5.74, 6) is 0. The Bertz CT molecular complexity index is 979. The van der Waals surface area contributed by atoms with Crippen LogP contribution in [0.4, 0.5) is 11.4 Å². The fourth-order valence-electron chi connectivity index (χ4n) is 3.48. The Hall–Kier alpha value is -3.41. The van der Waals surface area contributed by atoms with E-state index in [1.807, 2.05) is 36.7 Å². The Morgan fingerprint density at radius 1 is 0.448 bits per heavy atom. The van der Waals surface area contributed by atoms with Crippen LogP contribution in [0.1, 0.15) is 11.1 Å². The summed E-state index contributed by atoms with van der Waals surface area (Å²) in [5.41, 5.74) is 4.94. The molecule has 2 aromatic rings. The minimum absolute atomic E-state index is 0. The van der Waals surface area contributed by atoms with Crippen LogP contribution in [-0.2, 0) is 16.8 Å². The molecule has 0 aliphatic carbocycles. The summed E-state index contributed by atoms with van der Waals surface area (Å²) in [5, 5.41) is 8.36. The Labute approximate surface area is 181 Å². The van der Waals surface area contributed by atoms with Crippen LogP contribution in [0.5, 0.6) is 0 Å². The van der Waals surface area contributed by atoms with E-state index in [1.165, 1.54) is 22.5 Å². The summed E-state index contributed by atoms with van der Waals surface area (Å²) in [6, 6.07) is 16.7. The second-order valence-corrected chi connectivity index (χ2v) is 6.56. The fraction of sp³-hybridized carbons (Fsp3) is 0. The van der Waals surface area contributed by atoms with Crippen LogP contribution < -0.4 is 10.0 Å². The summed E-state index contributed by atoms with van der Waals surface area (Å²) in [6.07, 6.45) is 24.7. The number of rotatable bonds is 0. The average molecular weight is 423 g/mol. The summed E-state index contributed by atoms with van der Waals surface area (Å²) in [7, 11) is 0. The maximum absolute atomic E-state index is 2.12. The van der Waals surface area contributed by atoms with Crippen molar-refractivity contribution in [3.63, 3.8) is 0 Å². The first-order valence-electron chi connectivity index (χ1n) is 9.30. The minimum atomic E-state index is 0. The summed E-state index contributed by atoms with van der Waals surface area (Å²) >= 11 is 0. The van der Waals surface area contributed by atoms with Crippen molar-refractivity contribution < 1.29 is 16.8 Å². The molecule has 1 radical (unpaired) electrons. The maximum atomic E-state index is 2.12. The smallest absolute Gasteiger partial charge is 0.264 e. The number of para-hydroxylation sites is 2. The number of fused-ring (bicyclic) bond motifs is 6. The van der Waals surface area contributed by atoms with E-state index in [1.54, 1.807) is 0 Å². The van der Waals surface area contributed by atoms with Crippen LogP contribution in [0.2, 0.25) is 0 Å². The molecule has 2 aromatic carbocycles. The summed E-state index contributed by atoms with van der Waals surface area (Å²) in [4.78, 5) is 0. The molecule has 29 heavy (non-hydrogen) atoms. The van der Waals surface area contributed by atoms with Gasteiger partial charge < -0.3 is 0 Å². The number of benzene rings is 2. The second kappa shape index (κ2) is 8.30. The number of hydrazine groups is 2. The first-order chi connectivity index (χ1) is 13.9. The zero-order valence-corrected chi connectivity index (χ0v) is 16.7. The quantitative estimate of drug-likeness (QED) is 0.557. The third kappa shape index (κ3) is 3.65. The van der Waals surface area contributed by atoms with E-state index in [9.17, 15) is 0 Å². The van der Waals surface area contributed by atoms with E-state index in [-0.39, 0.29) is 16.8 Å². The molecular formula is C24H20CoN4+2. The monoisotopic (exact) mass is 423 g/mol. The molecule has 4 nitrogen and oxygen atoms in total. The third-order valence-corrected chi connectivity index (χ3v) is 4.83. The zero-order chi connectivity index (χ0) is 18.8. The van der Waals surface area contributed by atoms with Gasteiger partial charge in [-0.2, -0.15) is 0 Å². The molecule has 0 unspecified atom stereocenters. The predicted octanol–water partition coefficient (Wildman–Crippen LogP) is 5.47. The van der Waals surface area contributed by atoms with Crippen LogP contribution >= 0.6 is 0 Å². The van der Waals surface area contributed by atoms with Crippen molar-refractivity contribution in [2.75, 3.05) is 10.0 Å². The number of allylic oxidation sites excluding steroid dienone is 4.